The summed E-state index contributed by atoms with van der Waals surface area (Å²) in [5.41, 5.74) is 2.94. The van der Waals surface area contributed by atoms with Crippen molar-refractivity contribution in [2.24, 2.45) is 0 Å². The summed E-state index contributed by atoms with van der Waals surface area (Å²) in [4.78, 5) is 0. The molecule has 3 N–H and O–H groups in total. The minimum absolute atomic E-state index is 0.00615. The molecular formula is C17H14N2O4. The van der Waals surface area contributed by atoms with Gasteiger partial charge < -0.3 is 19.7 Å². The van der Waals surface area contributed by atoms with Gasteiger partial charge in [0, 0.05) is 17.2 Å². The third-order valence-electron chi connectivity index (χ3n) is 3.74. The minimum Gasteiger partial charge on any atom is -0.508 e. The van der Waals surface area contributed by atoms with Gasteiger partial charge in [0.25, 0.3) is 0 Å². The van der Waals surface area contributed by atoms with Gasteiger partial charge in [0.2, 0.25) is 0 Å². The molecule has 116 valence electrons. The average Bonchev–Trinajstić information content (AvgIpc) is 3.04. The largest absolute Gasteiger partial charge is 0.508 e. The van der Waals surface area contributed by atoms with Crippen molar-refractivity contribution in [1.29, 1.82) is 0 Å². The summed E-state index contributed by atoms with van der Waals surface area (Å²) in [5.74, 6) is 1.40. The Bertz CT molecular complexity index is 873. The lowest BCUT2D eigenvalue weighted by molar-refractivity contribution is 0.171. The Kier molecular flexibility index (Phi) is 3.08. The fourth-order valence-electron chi connectivity index (χ4n) is 2.65. The molecule has 0 saturated carbocycles. The third-order valence-corrected chi connectivity index (χ3v) is 3.74. The van der Waals surface area contributed by atoms with Gasteiger partial charge in [-0.05, 0) is 29.8 Å². The monoisotopic (exact) mass is 310 g/mol. The van der Waals surface area contributed by atoms with Crippen LogP contribution in [0.1, 0.15) is 0 Å². The second-order valence-electron chi connectivity index (χ2n) is 5.22. The highest BCUT2D eigenvalue weighted by atomic mass is 16.6. The van der Waals surface area contributed by atoms with Gasteiger partial charge in [-0.15, -0.1) is 0 Å². The van der Waals surface area contributed by atoms with E-state index in [0.717, 1.165) is 16.9 Å². The van der Waals surface area contributed by atoms with Crippen LogP contribution in [-0.4, -0.2) is 33.6 Å². The smallest absolute Gasteiger partial charge is 0.161 e. The van der Waals surface area contributed by atoms with E-state index < -0.39 is 0 Å². The molecule has 0 unspecified atom stereocenters. The number of fused-ring (bicyclic) bond motifs is 1. The van der Waals surface area contributed by atoms with Crippen LogP contribution in [0.5, 0.6) is 23.0 Å². The maximum Gasteiger partial charge on any atom is 0.161 e. The average molecular weight is 310 g/mol. The molecule has 2 heterocycles. The van der Waals surface area contributed by atoms with Gasteiger partial charge in [0.05, 0.1) is 11.9 Å². The summed E-state index contributed by atoms with van der Waals surface area (Å²) in [6, 6.07) is 10.1. The number of nitrogens with zero attached hydrogens (tertiary/aromatic N) is 1. The number of hydrogen-bond acceptors (Lipinski definition) is 5. The molecule has 4 rings (SSSR count). The number of aromatic amines is 1. The van der Waals surface area contributed by atoms with E-state index in [1.165, 1.54) is 12.1 Å². The first-order valence-electron chi connectivity index (χ1n) is 7.18. The Morgan fingerprint density at radius 1 is 0.913 bits per heavy atom. The van der Waals surface area contributed by atoms with E-state index >= 15 is 0 Å². The molecule has 3 aromatic rings. The van der Waals surface area contributed by atoms with Gasteiger partial charge in [-0.1, -0.05) is 6.07 Å². The first-order valence-corrected chi connectivity index (χ1v) is 7.18. The molecular weight excluding hydrogens is 296 g/mol. The number of ether oxygens (including phenoxy) is 2. The lowest BCUT2D eigenvalue weighted by Gasteiger charge is -2.19. The number of aromatic hydroxyl groups is 2. The predicted octanol–water partition coefficient (Wildman–Crippen LogP) is 2.93. The Morgan fingerprint density at radius 2 is 1.74 bits per heavy atom. The Labute approximate surface area is 131 Å². The highest BCUT2D eigenvalue weighted by Gasteiger charge is 2.17. The van der Waals surface area contributed by atoms with Crippen molar-refractivity contribution >= 4 is 0 Å². The maximum absolute atomic E-state index is 10.1. The van der Waals surface area contributed by atoms with Gasteiger partial charge >= 0.3 is 0 Å². The normalized spacial score (nSPS) is 13.0. The summed E-state index contributed by atoms with van der Waals surface area (Å²) in [6.45, 7) is 1.07. The third kappa shape index (κ3) is 2.34. The second-order valence-corrected chi connectivity index (χ2v) is 5.22. The van der Waals surface area contributed by atoms with Crippen LogP contribution in [0.3, 0.4) is 0 Å². The molecule has 0 atom stereocenters. The van der Waals surface area contributed by atoms with Gasteiger partial charge in [-0.3, -0.25) is 5.10 Å². The molecule has 1 aliphatic heterocycles. The molecule has 1 aliphatic rings. The molecule has 0 fully saturated rings. The van der Waals surface area contributed by atoms with Crippen molar-refractivity contribution in [2.45, 2.75) is 0 Å². The molecule has 2 aromatic carbocycles. The molecule has 0 spiro atoms. The summed E-state index contributed by atoms with van der Waals surface area (Å²) in [5, 5.41) is 26.5. The lowest BCUT2D eigenvalue weighted by Crippen LogP contribution is -2.15. The number of nitrogens with one attached hydrogen (secondary N) is 1. The van der Waals surface area contributed by atoms with Crippen molar-refractivity contribution in [3.05, 3.63) is 42.6 Å². The molecule has 1 aromatic heterocycles. The van der Waals surface area contributed by atoms with Gasteiger partial charge in [-0.25, -0.2) is 0 Å². The highest BCUT2D eigenvalue weighted by Crippen LogP contribution is 2.40. The Balaban J connectivity index is 1.81. The van der Waals surface area contributed by atoms with Crippen molar-refractivity contribution in [3.8, 4) is 45.4 Å². The summed E-state index contributed by atoms with van der Waals surface area (Å²) < 4.78 is 11.1. The van der Waals surface area contributed by atoms with E-state index in [4.69, 9.17) is 9.47 Å². The minimum atomic E-state index is -0.0203. The van der Waals surface area contributed by atoms with Crippen LogP contribution in [0.4, 0.5) is 0 Å². The first kappa shape index (κ1) is 13.5. The van der Waals surface area contributed by atoms with Crippen LogP contribution < -0.4 is 9.47 Å². The number of rotatable bonds is 2. The van der Waals surface area contributed by atoms with Gasteiger partial charge in [0.1, 0.15) is 24.7 Å². The summed E-state index contributed by atoms with van der Waals surface area (Å²) in [6.07, 6.45) is 1.69. The molecule has 6 heteroatoms. The van der Waals surface area contributed by atoms with E-state index in [2.05, 4.69) is 10.2 Å². The maximum atomic E-state index is 10.1. The number of hydrogen-bond donors (Lipinski definition) is 3. The highest BCUT2D eigenvalue weighted by molar-refractivity contribution is 5.84. The fraction of sp³-hybridized carbons (Fsp3) is 0.118. The van der Waals surface area contributed by atoms with Crippen LogP contribution in [0.25, 0.3) is 22.4 Å². The molecule has 0 amide bonds. The number of benzene rings is 2. The Hall–Kier alpha value is -3.15. The van der Waals surface area contributed by atoms with E-state index in [0.29, 0.717) is 30.2 Å². The van der Waals surface area contributed by atoms with Crippen molar-refractivity contribution in [2.75, 3.05) is 13.2 Å². The van der Waals surface area contributed by atoms with Crippen LogP contribution in [0.2, 0.25) is 0 Å². The first-order chi connectivity index (χ1) is 11.2. The molecule has 0 aliphatic carbocycles. The van der Waals surface area contributed by atoms with Crippen molar-refractivity contribution < 1.29 is 19.7 Å². The van der Waals surface area contributed by atoms with Crippen molar-refractivity contribution in [1.82, 2.24) is 10.2 Å². The van der Waals surface area contributed by atoms with Crippen molar-refractivity contribution in [3.63, 3.8) is 0 Å². The number of aromatic nitrogens is 2. The molecule has 0 saturated heterocycles. The topological polar surface area (TPSA) is 87.6 Å². The SMILES string of the molecule is Oc1ccc(-c2[nH]ncc2-c2ccc3c(c2)OCCO3)c(O)c1. The van der Waals surface area contributed by atoms with Gasteiger partial charge in [-0.2, -0.15) is 5.10 Å². The number of phenolic OH excluding ortho intramolecular Hbond substituents is 2. The van der Waals surface area contributed by atoms with Crippen LogP contribution >= 0.6 is 0 Å². The molecule has 0 bridgehead atoms. The number of H-pyrrole nitrogens is 1. The summed E-state index contributed by atoms with van der Waals surface area (Å²) >= 11 is 0. The molecule has 23 heavy (non-hydrogen) atoms. The second kappa shape index (κ2) is 5.24. The zero-order valence-corrected chi connectivity index (χ0v) is 12.1. The van der Waals surface area contributed by atoms with Crippen LogP contribution in [-0.2, 0) is 0 Å². The number of phenols is 2. The fourth-order valence-corrected chi connectivity index (χ4v) is 2.65. The van der Waals surface area contributed by atoms with Crippen LogP contribution in [0, 0.1) is 0 Å². The van der Waals surface area contributed by atoms with Crippen LogP contribution in [0.15, 0.2) is 42.6 Å². The molecule has 0 radical (unpaired) electrons. The standard InChI is InChI=1S/C17H14N2O4/c20-11-2-3-12(14(21)8-11)17-13(9-18-19-17)10-1-4-15-16(7-10)23-6-5-22-15/h1-4,7-9,20-21H,5-6H2,(H,18,19). The van der Waals surface area contributed by atoms with E-state index in [9.17, 15) is 10.2 Å². The zero-order valence-electron chi connectivity index (χ0n) is 12.1. The van der Waals surface area contributed by atoms with E-state index in [1.807, 2.05) is 18.2 Å². The summed E-state index contributed by atoms with van der Waals surface area (Å²) in [7, 11) is 0. The quantitative estimate of drug-likeness (QED) is 0.677. The predicted molar refractivity (Wildman–Crippen MR) is 83.8 cm³/mol. The molecule has 6 nitrogen and oxygen atoms in total. The van der Waals surface area contributed by atoms with E-state index in [-0.39, 0.29) is 11.5 Å². The van der Waals surface area contributed by atoms with Gasteiger partial charge in [0.15, 0.2) is 11.5 Å². The lowest BCUT2D eigenvalue weighted by atomic mass is 10.0. The Morgan fingerprint density at radius 3 is 2.57 bits per heavy atom. The zero-order chi connectivity index (χ0) is 15.8. The van der Waals surface area contributed by atoms with E-state index in [1.54, 1.807) is 12.3 Å².